The molecule has 0 aliphatic heterocycles. The second-order valence-corrected chi connectivity index (χ2v) is 8.37. The van der Waals surface area contributed by atoms with Gasteiger partial charge in [-0.25, -0.2) is 22.9 Å². The van der Waals surface area contributed by atoms with Gasteiger partial charge in [0.15, 0.2) is 5.13 Å². The van der Waals surface area contributed by atoms with Crippen molar-refractivity contribution < 1.29 is 35.9 Å². The molecule has 0 radical (unpaired) electrons. The maximum atomic E-state index is 12.2. The molecule has 0 saturated heterocycles. The molecule has 0 aliphatic rings. The van der Waals surface area contributed by atoms with Crippen LogP contribution in [0.2, 0.25) is 0 Å². The van der Waals surface area contributed by atoms with Crippen LogP contribution in [0, 0.1) is 0 Å². The second kappa shape index (κ2) is 8.36. The first-order valence-electron chi connectivity index (χ1n) is 8.29. The van der Waals surface area contributed by atoms with Gasteiger partial charge in [0.25, 0.3) is 10.0 Å². The normalized spacial score (nSPS) is 11.9. The molecule has 160 valence electrons. The van der Waals surface area contributed by atoms with Crippen molar-refractivity contribution in [1.29, 1.82) is 0 Å². The number of rotatable bonds is 6. The van der Waals surface area contributed by atoms with Gasteiger partial charge < -0.3 is 9.47 Å². The monoisotopic (exact) mass is 461 g/mol. The lowest BCUT2D eigenvalue weighted by atomic mass is 10.3. The van der Waals surface area contributed by atoms with E-state index < -0.39 is 33.1 Å². The Morgan fingerprint density at radius 2 is 1.80 bits per heavy atom. The molecule has 0 fully saturated rings. The smallest absolute Gasteiger partial charge is 0.494 e. The Bertz CT molecular complexity index is 1160. The van der Waals surface area contributed by atoms with Gasteiger partial charge in [-0.1, -0.05) is 11.3 Å². The Hall–Kier alpha value is -3.06. The number of fused-ring (bicyclic) bond motifs is 1. The van der Waals surface area contributed by atoms with E-state index in [-0.39, 0.29) is 5.13 Å². The van der Waals surface area contributed by atoms with Gasteiger partial charge in [0.1, 0.15) is 11.5 Å². The Morgan fingerprint density at radius 3 is 2.43 bits per heavy atom. The Labute approximate surface area is 172 Å². The fraction of sp³-hybridized carbons (Fsp3) is 0.176. The molecule has 0 spiro atoms. The fourth-order valence-electron chi connectivity index (χ4n) is 2.34. The van der Waals surface area contributed by atoms with Gasteiger partial charge in [0, 0.05) is 0 Å². The van der Waals surface area contributed by atoms with Crippen LogP contribution in [-0.2, 0) is 10.0 Å². The molecule has 13 heteroatoms. The lowest BCUT2D eigenvalue weighted by Gasteiger charge is -2.10. The van der Waals surface area contributed by atoms with E-state index in [1.165, 1.54) is 0 Å². The maximum absolute atomic E-state index is 12.2. The van der Waals surface area contributed by atoms with Crippen molar-refractivity contribution in [2.75, 3.05) is 11.9 Å². The first-order chi connectivity index (χ1) is 14.1. The van der Waals surface area contributed by atoms with Crippen LogP contribution in [0.4, 0.5) is 23.1 Å². The van der Waals surface area contributed by atoms with E-state index in [0.717, 1.165) is 40.3 Å². The van der Waals surface area contributed by atoms with E-state index >= 15 is 0 Å². The zero-order valence-corrected chi connectivity index (χ0v) is 16.8. The molecule has 30 heavy (non-hydrogen) atoms. The molecule has 3 rings (SSSR count). The third kappa shape index (κ3) is 5.51. The highest BCUT2D eigenvalue weighted by atomic mass is 32.2. The summed E-state index contributed by atoms with van der Waals surface area (Å²) in [5, 5.41) is 2.47. The number of hydrogen-bond donors (Lipinski definition) is 2. The number of carbonyl (C=O) groups is 1. The number of alkyl halides is 3. The number of halogens is 3. The van der Waals surface area contributed by atoms with Crippen molar-refractivity contribution in [2.24, 2.45) is 0 Å². The zero-order chi connectivity index (χ0) is 21.9. The first-order valence-corrected chi connectivity index (χ1v) is 10.6. The van der Waals surface area contributed by atoms with Crippen LogP contribution in [-0.4, -0.2) is 32.4 Å². The minimum absolute atomic E-state index is 0.153. The van der Waals surface area contributed by atoms with Crippen molar-refractivity contribution >= 4 is 42.7 Å². The SMILES string of the molecule is CCOc1ccc2nc(NC(=O)NS(=O)(=O)c3ccc(OC(F)(F)F)cc3)sc2c1. The topological polar surface area (TPSA) is 107 Å². The molecule has 1 aromatic heterocycles. The van der Waals surface area contributed by atoms with Crippen LogP contribution < -0.4 is 19.5 Å². The third-order valence-corrected chi connectivity index (χ3v) is 5.77. The molecular formula is C17H14F3N3O5S2. The summed E-state index contributed by atoms with van der Waals surface area (Å²) in [6.45, 7) is 2.32. The molecular weight excluding hydrogens is 447 g/mol. The predicted octanol–water partition coefficient (Wildman–Crippen LogP) is 4.10. The van der Waals surface area contributed by atoms with E-state index in [4.69, 9.17) is 4.74 Å². The van der Waals surface area contributed by atoms with E-state index in [1.807, 2.05) is 6.92 Å². The number of aromatic nitrogens is 1. The number of thiazole rings is 1. The van der Waals surface area contributed by atoms with E-state index in [9.17, 15) is 26.4 Å². The molecule has 0 bridgehead atoms. The van der Waals surface area contributed by atoms with Crippen LogP contribution in [0.3, 0.4) is 0 Å². The van der Waals surface area contributed by atoms with Gasteiger partial charge in [-0.15, -0.1) is 13.2 Å². The molecule has 3 aromatic rings. The van der Waals surface area contributed by atoms with Crippen molar-refractivity contribution in [3.05, 3.63) is 42.5 Å². The lowest BCUT2D eigenvalue weighted by Crippen LogP contribution is -2.34. The number of sulfonamides is 1. The molecule has 1 heterocycles. The first kappa shape index (κ1) is 21.6. The van der Waals surface area contributed by atoms with Gasteiger partial charge in [-0.05, 0) is 49.4 Å². The molecule has 0 aliphatic carbocycles. The average Bonchev–Trinajstić information content (AvgIpc) is 3.01. The highest BCUT2D eigenvalue weighted by molar-refractivity contribution is 7.90. The lowest BCUT2D eigenvalue weighted by molar-refractivity contribution is -0.274. The van der Waals surface area contributed by atoms with E-state index in [2.05, 4.69) is 15.0 Å². The minimum atomic E-state index is -4.90. The van der Waals surface area contributed by atoms with Gasteiger partial charge in [0.2, 0.25) is 0 Å². The number of anilines is 1. The van der Waals surface area contributed by atoms with Gasteiger partial charge in [-0.2, -0.15) is 0 Å². The average molecular weight is 461 g/mol. The van der Waals surface area contributed by atoms with Crippen LogP contribution in [0.1, 0.15) is 6.92 Å². The van der Waals surface area contributed by atoms with Crippen molar-refractivity contribution in [2.45, 2.75) is 18.2 Å². The third-order valence-electron chi connectivity index (χ3n) is 3.49. The van der Waals surface area contributed by atoms with Crippen molar-refractivity contribution in [3.8, 4) is 11.5 Å². The summed E-state index contributed by atoms with van der Waals surface area (Å²) < 4.78 is 72.6. The number of hydrogen-bond acceptors (Lipinski definition) is 7. The fourth-order valence-corrected chi connectivity index (χ4v) is 4.14. The Kier molecular flexibility index (Phi) is 6.03. The summed E-state index contributed by atoms with van der Waals surface area (Å²) in [5.41, 5.74) is 0.585. The molecule has 2 N–H and O–H groups in total. The highest BCUT2D eigenvalue weighted by Crippen LogP contribution is 2.29. The summed E-state index contributed by atoms with van der Waals surface area (Å²) in [6.07, 6.45) is -4.90. The van der Waals surface area contributed by atoms with Crippen molar-refractivity contribution in [3.63, 3.8) is 0 Å². The van der Waals surface area contributed by atoms with Gasteiger partial charge in [-0.3, -0.25) is 5.32 Å². The standard InChI is InChI=1S/C17H14F3N3O5S2/c1-2-27-11-5-8-13-14(9-11)29-16(21-13)22-15(24)23-30(25,26)12-6-3-10(4-7-12)28-17(18,19)20/h3-9H,2H2,1H3,(H2,21,22,23,24). The van der Waals surface area contributed by atoms with Gasteiger partial charge >= 0.3 is 12.4 Å². The number of benzene rings is 2. The van der Waals surface area contributed by atoms with E-state index in [1.54, 1.807) is 22.9 Å². The van der Waals surface area contributed by atoms with E-state index in [0.29, 0.717) is 17.9 Å². The van der Waals surface area contributed by atoms with Crippen LogP contribution >= 0.6 is 11.3 Å². The number of nitrogens with one attached hydrogen (secondary N) is 2. The molecule has 0 saturated carbocycles. The zero-order valence-electron chi connectivity index (χ0n) is 15.2. The number of urea groups is 1. The number of nitrogens with zero attached hydrogens (tertiary/aromatic N) is 1. The molecule has 0 atom stereocenters. The second-order valence-electron chi connectivity index (χ2n) is 5.66. The summed E-state index contributed by atoms with van der Waals surface area (Å²) in [7, 11) is -4.33. The number of ether oxygens (including phenoxy) is 2. The Morgan fingerprint density at radius 1 is 1.13 bits per heavy atom. The van der Waals surface area contributed by atoms with Crippen LogP contribution in [0.25, 0.3) is 10.2 Å². The number of carbonyl (C=O) groups excluding carboxylic acids is 1. The number of amides is 2. The largest absolute Gasteiger partial charge is 0.573 e. The summed E-state index contributed by atoms with van der Waals surface area (Å²) in [4.78, 5) is 15.8. The molecule has 8 nitrogen and oxygen atoms in total. The summed E-state index contributed by atoms with van der Waals surface area (Å²) in [5.74, 6) is 0.0389. The predicted molar refractivity (Wildman–Crippen MR) is 103 cm³/mol. The molecule has 2 amide bonds. The highest BCUT2D eigenvalue weighted by Gasteiger charge is 2.31. The summed E-state index contributed by atoms with van der Waals surface area (Å²) >= 11 is 1.11. The quantitative estimate of drug-likeness (QED) is 0.572. The Balaban J connectivity index is 1.68. The van der Waals surface area contributed by atoms with Gasteiger partial charge in [0.05, 0.1) is 21.7 Å². The van der Waals surface area contributed by atoms with Crippen LogP contribution in [0.15, 0.2) is 47.4 Å². The maximum Gasteiger partial charge on any atom is 0.573 e. The molecule has 0 unspecified atom stereocenters. The molecule has 2 aromatic carbocycles. The summed E-state index contributed by atoms with van der Waals surface area (Å²) in [6, 6.07) is 7.48. The van der Waals surface area contributed by atoms with Crippen molar-refractivity contribution in [1.82, 2.24) is 9.71 Å². The van der Waals surface area contributed by atoms with Crippen LogP contribution in [0.5, 0.6) is 11.5 Å². The minimum Gasteiger partial charge on any atom is -0.494 e.